The molecule has 0 aromatic heterocycles. The van der Waals surface area contributed by atoms with Crippen LogP contribution in [0.4, 0.5) is 15.8 Å². The molecule has 116 valence electrons. The highest BCUT2D eigenvalue weighted by atomic mass is 19.1. The van der Waals surface area contributed by atoms with Gasteiger partial charge in [0.05, 0.1) is 18.4 Å². The summed E-state index contributed by atoms with van der Waals surface area (Å²) < 4.78 is 18.7. The first kappa shape index (κ1) is 15.6. The van der Waals surface area contributed by atoms with Gasteiger partial charge in [0.1, 0.15) is 5.82 Å². The Morgan fingerprint density at radius 1 is 1.24 bits per heavy atom. The first-order valence-corrected chi connectivity index (χ1v) is 7.55. The van der Waals surface area contributed by atoms with Gasteiger partial charge >= 0.3 is 5.97 Å². The zero-order chi connectivity index (χ0) is 15.2. The van der Waals surface area contributed by atoms with Gasteiger partial charge in [-0.2, -0.15) is 0 Å². The molecule has 1 aromatic carbocycles. The van der Waals surface area contributed by atoms with Crippen LogP contribution in [0, 0.1) is 5.82 Å². The van der Waals surface area contributed by atoms with Gasteiger partial charge in [0.25, 0.3) is 0 Å². The molecule has 0 aliphatic heterocycles. The molecule has 21 heavy (non-hydrogen) atoms. The Labute approximate surface area is 124 Å². The number of benzene rings is 1. The zero-order valence-electron chi connectivity index (χ0n) is 12.5. The maximum atomic E-state index is 14.0. The maximum absolute atomic E-state index is 14.0. The number of halogens is 1. The van der Waals surface area contributed by atoms with E-state index in [1.54, 1.807) is 0 Å². The lowest BCUT2D eigenvalue weighted by atomic mass is 9.96. The van der Waals surface area contributed by atoms with Crippen molar-refractivity contribution in [3.05, 3.63) is 23.5 Å². The second-order valence-corrected chi connectivity index (χ2v) is 5.60. The van der Waals surface area contributed by atoms with Crippen LogP contribution in [0.25, 0.3) is 0 Å². The highest BCUT2D eigenvalue weighted by Crippen LogP contribution is 2.26. The molecule has 3 N–H and O–H groups in total. The molecule has 0 bridgehead atoms. The number of rotatable bonds is 3. The molecule has 1 saturated carbocycles. The lowest BCUT2D eigenvalue weighted by Gasteiger charge is -2.23. The van der Waals surface area contributed by atoms with Crippen molar-refractivity contribution < 1.29 is 13.9 Å². The molecule has 1 aliphatic carbocycles. The number of anilines is 2. The number of nitrogens with two attached hydrogens (primary N) is 1. The number of ether oxygens (including phenoxy) is 1. The van der Waals surface area contributed by atoms with Gasteiger partial charge in [-0.1, -0.05) is 32.1 Å². The number of methoxy groups -OCH3 is 1. The molecule has 4 nitrogen and oxygen atoms in total. The van der Waals surface area contributed by atoms with Gasteiger partial charge in [0, 0.05) is 11.7 Å². The van der Waals surface area contributed by atoms with Crippen LogP contribution in [0.5, 0.6) is 0 Å². The van der Waals surface area contributed by atoms with E-state index in [0.717, 1.165) is 25.7 Å². The van der Waals surface area contributed by atoms with E-state index in [1.807, 2.05) is 0 Å². The van der Waals surface area contributed by atoms with Gasteiger partial charge in [-0.25, -0.2) is 9.18 Å². The highest BCUT2D eigenvalue weighted by Gasteiger charge is 2.17. The Morgan fingerprint density at radius 3 is 2.48 bits per heavy atom. The van der Waals surface area contributed by atoms with E-state index in [-0.39, 0.29) is 17.3 Å². The minimum absolute atomic E-state index is 0.0996. The van der Waals surface area contributed by atoms with Crippen LogP contribution in [0.3, 0.4) is 0 Å². The Hall–Kier alpha value is -1.78. The highest BCUT2D eigenvalue weighted by molar-refractivity contribution is 5.96. The Bertz CT molecular complexity index is 497. The molecule has 0 radical (unpaired) electrons. The normalized spacial score (nSPS) is 16.9. The maximum Gasteiger partial charge on any atom is 0.340 e. The van der Waals surface area contributed by atoms with E-state index in [9.17, 15) is 9.18 Å². The minimum Gasteiger partial charge on any atom is -0.465 e. The third kappa shape index (κ3) is 4.09. The quantitative estimate of drug-likeness (QED) is 0.658. The summed E-state index contributed by atoms with van der Waals surface area (Å²) >= 11 is 0. The largest absolute Gasteiger partial charge is 0.465 e. The number of nitrogen functional groups attached to an aromatic ring is 1. The molecule has 2 rings (SSSR count). The van der Waals surface area contributed by atoms with E-state index < -0.39 is 11.8 Å². The van der Waals surface area contributed by atoms with Gasteiger partial charge in [-0.3, -0.25) is 0 Å². The Balaban J connectivity index is 2.16. The van der Waals surface area contributed by atoms with Crippen molar-refractivity contribution in [3.8, 4) is 0 Å². The predicted molar refractivity (Wildman–Crippen MR) is 81.9 cm³/mol. The number of esters is 1. The summed E-state index contributed by atoms with van der Waals surface area (Å²) in [6.07, 6.45) is 8.10. The lowest BCUT2D eigenvalue weighted by molar-refractivity contribution is 0.0602. The van der Waals surface area contributed by atoms with Crippen molar-refractivity contribution in [2.24, 2.45) is 0 Å². The first-order valence-electron chi connectivity index (χ1n) is 7.55. The van der Waals surface area contributed by atoms with E-state index >= 15 is 0 Å². The van der Waals surface area contributed by atoms with Gasteiger partial charge < -0.3 is 15.8 Å². The van der Waals surface area contributed by atoms with Crippen LogP contribution in [0.1, 0.15) is 55.3 Å². The van der Waals surface area contributed by atoms with Gasteiger partial charge in [-0.15, -0.1) is 0 Å². The van der Waals surface area contributed by atoms with Crippen molar-refractivity contribution in [3.63, 3.8) is 0 Å². The summed E-state index contributed by atoms with van der Waals surface area (Å²) in [4.78, 5) is 11.6. The molecule has 0 spiro atoms. The van der Waals surface area contributed by atoms with Crippen LogP contribution in [-0.4, -0.2) is 19.1 Å². The van der Waals surface area contributed by atoms with Gasteiger partial charge in [0.2, 0.25) is 0 Å². The SMILES string of the molecule is COC(=O)c1cc(NC2CCCCCCC2)c(F)cc1N. The van der Waals surface area contributed by atoms with Crippen LogP contribution in [-0.2, 0) is 4.74 Å². The third-order valence-corrected chi connectivity index (χ3v) is 4.01. The van der Waals surface area contributed by atoms with Crippen molar-refractivity contribution in [2.45, 2.75) is 51.0 Å². The molecule has 0 saturated heterocycles. The summed E-state index contributed by atoms with van der Waals surface area (Å²) in [5.41, 5.74) is 6.31. The molecule has 1 aromatic rings. The second-order valence-electron chi connectivity index (χ2n) is 5.60. The predicted octanol–water partition coefficient (Wildman–Crippen LogP) is 3.72. The zero-order valence-corrected chi connectivity index (χ0v) is 12.5. The summed E-state index contributed by atoms with van der Waals surface area (Å²) in [5.74, 6) is -0.976. The van der Waals surface area contributed by atoms with Crippen LogP contribution in [0.2, 0.25) is 0 Å². The molecule has 5 heteroatoms. The van der Waals surface area contributed by atoms with Crippen molar-refractivity contribution >= 4 is 17.3 Å². The van der Waals surface area contributed by atoms with E-state index in [4.69, 9.17) is 5.73 Å². The van der Waals surface area contributed by atoms with E-state index in [1.165, 1.54) is 38.5 Å². The van der Waals surface area contributed by atoms with Crippen LogP contribution >= 0.6 is 0 Å². The van der Waals surface area contributed by atoms with Crippen molar-refractivity contribution in [1.82, 2.24) is 0 Å². The first-order chi connectivity index (χ1) is 10.1. The number of carbonyl (C=O) groups is 1. The van der Waals surface area contributed by atoms with Crippen molar-refractivity contribution in [2.75, 3.05) is 18.2 Å². The number of carbonyl (C=O) groups excluding carboxylic acids is 1. The third-order valence-electron chi connectivity index (χ3n) is 4.01. The molecular formula is C16H23FN2O2. The molecule has 0 unspecified atom stereocenters. The Morgan fingerprint density at radius 2 is 1.86 bits per heavy atom. The van der Waals surface area contributed by atoms with E-state index in [2.05, 4.69) is 10.1 Å². The molecule has 0 heterocycles. The van der Waals surface area contributed by atoms with Crippen LogP contribution in [0.15, 0.2) is 12.1 Å². The monoisotopic (exact) mass is 294 g/mol. The fourth-order valence-corrected chi connectivity index (χ4v) is 2.81. The standard InChI is InChI=1S/C16H23FN2O2/c1-21-16(20)12-9-15(13(17)10-14(12)18)19-11-7-5-3-2-4-6-8-11/h9-11,19H,2-8,18H2,1H3. The number of hydrogen-bond acceptors (Lipinski definition) is 4. The molecule has 0 amide bonds. The number of hydrogen-bond donors (Lipinski definition) is 2. The number of nitrogens with one attached hydrogen (secondary N) is 1. The van der Waals surface area contributed by atoms with Gasteiger partial charge in [0.15, 0.2) is 0 Å². The Kier molecular flexibility index (Phi) is 5.42. The molecule has 0 atom stereocenters. The molecular weight excluding hydrogens is 271 g/mol. The summed E-state index contributed by atoms with van der Waals surface area (Å²) in [7, 11) is 1.28. The molecule has 1 aliphatic rings. The second kappa shape index (κ2) is 7.29. The van der Waals surface area contributed by atoms with Crippen LogP contribution < -0.4 is 11.1 Å². The fourth-order valence-electron chi connectivity index (χ4n) is 2.81. The van der Waals surface area contributed by atoms with Gasteiger partial charge in [-0.05, 0) is 25.0 Å². The fraction of sp³-hybridized carbons (Fsp3) is 0.562. The van der Waals surface area contributed by atoms with Crippen molar-refractivity contribution in [1.29, 1.82) is 0 Å². The summed E-state index contributed by atoms with van der Waals surface area (Å²) in [5, 5.41) is 3.23. The summed E-state index contributed by atoms with van der Waals surface area (Å²) in [6, 6.07) is 2.88. The minimum atomic E-state index is -0.548. The topological polar surface area (TPSA) is 64.3 Å². The average Bonchev–Trinajstić information content (AvgIpc) is 2.43. The smallest absolute Gasteiger partial charge is 0.340 e. The average molecular weight is 294 g/mol. The molecule has 1 fully saturated rings. The lowest BCUT2D eigenvalue weighted by Crippen LogP contribution is -2.21. The van der Waals surface area contributed by atoms with E-state index in [0.29, 0.717) is 5.69 Å². The summed E-state index contributed by atoms with van der Waals surface area (Å²) in [6.45, 7) is 0.